The van der Waals surface area contributed by atoms with Gasteiger partial charge >= 0.3 is 35.5 Å². The van der Waals surface area contributed by atoms with E-state index in [9.17, 15) is 24.3 Å². The number of rotatable bonds is 6. The Morgan fingerprint density at radius 1 is 1.52 bits per heavy atom. The molecule has 0 radical (unpaired) electrons. The number of anilines is 1. The van der Waals surface area contributed by atoms with Crippen LogP contribution in [-0.2, 0) is 33.6 Å². The fourth-order valence-electron chi connectivity index (χ4n) is 2.66. The molecule has 2 fully saturated rings. The number of carboxylic acids is 1. The van der Waals surface area contributed by atoms with Gasteiger partial charge in [-0.3, -0.25) is 19.2 Å². The van der Waals surface area contributed by atoms with Crippen LogP contribution in [0.2, 0.25) is 0 Å². The van der Waals surface area contributed by atoms with Gasteiger partial charge in [-0.25, -0.2) is 4.98 Å². The fourth-order valence-corrected chi connectivity index (χ4v) is 3.21. The second kappa shape index (κ2) is 9.04. The van der Waals surface area contributed by atoms with Crippen molar-refractivity contribution in [3.8, 4) is 0 Å². The van der Waals surface area contributed by atoms with E-state index in [1.165, 1.54) is 12.5 Å². The number of esters is 1. The zero-order chi connectivity index (χ0) is 20.5. The van der Waals surface area contributed by atoms with E-state index in [4.69, 9.17) is 15.3 Å². The van der Waals surface area contributed by atoms with Crippen molar-refractivity contribution >= 4 is 45.9 Å². The third kappa shape index (κ3) is 4.35. The zero-order valence-corrected chi connectivity index (χ0v) is 18.2. The van der Waals surface area contributed by atoms with Gasteiger partial charge in [-0.1, -0.05) is 5.16 Å². The number of nitrogen functional groups attached to an aromatic ring is 1. The predicted molar refractivity (Wildman–Crippen MR) is 87.9 cm³/mol. The van der Waals surface area contributed by atoms with Gasteiger partial charge in [0, 0.05) is 11.8 Å². The van der Waals surface area contributed by atoms with Crippen LogP contribution in [0.3, 0.4) is 0 Å². The smallest absolute Gasteiger partial charge is 0.544 e. The molecule has 0 bridgehead atoms. The maximum Gasteiger partial charge on any atom is 1.00 e. The van der Waals surface area contributed by atoms with Gasteiger partial charge in [0.25, 0.3) is 17.5 Å². The molecule has 2 atom stereocenters. The van der Waals surface area contributed by atoms with Gasteiger partial charge < -0.3 is 30.5 Å². The first-order valence-corrected chi connectivity index (χ1v) is 8.70. The standard InChI is InChI=1S/C14H15N5O8S.Na/c1-25-18-9(7-5-28-13(15)17-7)10(21)16-6-4-26-19(11(6)22)14(12(23)24)3-2-8(20)27-14;/h5-6H,2-4H2,1H3,(H2,15,17)(H,16,21)(H,23,24);/q;+1/p-1/b18-9-;. The number of amides is 2. The molecule has 2 saturated heterocycles. The molecule has 1 aromatic rings. The average Bonchev–Trinajstić information content (AvgIpc) is 3.33. The number of aliphatic carboxylic acids is 1. The van der Waals surface area contributed by atoms with E-state index in [1.807, 2.05) is 0 Å². The summed E-state index contributed by atoms with van der Waals surface area (Å²) in [5.41, 5.74) is 3.04. The molecule has 13 nitrogen and oxygen atoms in total. The molecule has 15 heteroatoms. The van der Waals surface area contributed by atoms with Crippen LogP contribution >= 0.6 is 11.3 Å². The number of hydrogen-bond acceptors (Lipinski definition) is 12. The number of carbonyl (C=O) groups is 4. The quantitative estimate of drug-likeness (QED) is 0.189. The topological polar surface area (TPSA) is 186 Å². The Hall–Kier alpha value is -2.26. The van der Waals surface area contributed by atoms with Gasteiger partial charge in [-0.15, -0.1) is 11.3 Å². The molecular formula is C14H14N5NaO8S. The van der Waals surface area contributed by atoms with Gasteiger partial charge in [-0.2, -0.15) is 5.06 Å². The molecule has 2 unspecified atom stereocenters. The van der Waals surface area contributed by atoms with E-state index in [0.29, 0.717) is 5.06 Å². The molecule has 2 aliphatic heterocycles. The molecule has 3 N–H and O–H groups in total. The van der Waals surface area contributed by atoms with Gasteiger partial charge in [0.2, 0.25) is 0 Å². The van der Waals surface area contributed by atoms with E-state index in [0.717, 1.165) is 11.3 Å². The molecule has 3 heterocycles. The van der Waals surface area contributed by atoms with Gasteiger partial charge in [-0.05, 0) is 0 Å². The number of carbonyl (C=O) groups excluding carboxylic acids is 4. The number of ether oxygens (including phenoxy) is 1. The maximum atomic E-state index is 12.6. The van der Waals surface area contributed by atoms with Crippen molar-refractivity contribution in [2.24, 2.45) is 5.16 Å². The van der Waals surface area contributed by atoms with E-state index >= 15 is 0 Å². The van der Waals surface area contributed by atoms with Crippen molar-refractivity contribution in [2.45, 2.75) is 24.6 Å². The Morgan fingerprint density at radius 2 is 2.24 bits per heavy atom. The van der Waals surface area contributed by atoms with Crippen molar-refractivity contribution in [2.75, 3.05) is 19.5 Å². The molecule has 1 aromatic heterocycles. The summed E-state index contributed by atoms with van der Waals surface area (Å²) in [6.45, 7) is -0.392. The number of nitrogens with zero attached hydrogens (tertiary/aromatic N) is 3. The van der Waals surface area contributed by atoms with Crippen molar-refractivity contribution in [1.29, 1.82) is 0 Å². The Labute approximate surface area is 189 Å². The Kier molecular flexibility index (Phi) is 7.18. The van der Waals surface area contributed by atoms with Crippen LogP contribution in [0.25, 0.3) is 0 Å². The second-order valence-corrected chi connectivity index (χ2v) is 6.58. The van der Waals surface area contributed by atoms with E-state index in [2.05, 4.69) is 20.3 Å². The van der Waals surface area contributed by atoms with Crippen molar-refractivity contribution in [1.82, 2.24) is 15.4 Å². The first kappa shape index (κ1) is 23.0. The Bertz CT molecular complexity index is 876. The summed E-state index contributed by atoms with van der Waals surface area (Å²) in [5, 5.41) is 19.5. The van der Waals surface area contributed by atoms with Crippen LogP contribution in [0.5, 0.6) is 0 Å². The normalized spacial score (nSPS) is 24.1. The first-order chi connectivity index (χ1) is 13.3. The summed E-state index contributed by atoms with van der Waals surface area (Å²) in [6, 6.07) is -1.26. The number of oxime groups is 1. The van der Waals surface area contributed by atoms with E-state index < -0.39 is 42.1 Å². The minimum atomic E-state index is -2.37. The number of hydroxylamine groups is 2. The minimum Gasteiger partial charge on any atom is -0.544 e. The largest absolute Gasteiger partial charge is 1.00 e. The van der Waals surface area contributed by atoms with Crippen LogP contribution in [-0.4, -0.2) is 65.0 Å². The first-order valence-electron chi connectivity index (χ1n) is 7.82. The van der Waals surface area contributed by atoms with Crippen molar-refractivity contribution in [3.05, 3.63) is 11.1 Å². The maximum absolute atomic E-state index is 12.6. The Morgan fingerprint density at radius 3 is 2.76 bits per heavy atom. The fraction of sp³-hybridized carbons (Fsp3) is 0.429. The van der Waals surface area contributed by atoms with Crippen LogP contribution < -0.4 is 45.7 Å². The van der Waals surface area contributed by atoms with Crippen molar-refractivity contribution in [3.63, 3.8) is 0 Å². The van der Waals surface area contributed by atoms with Crippen LogP contribution in [0.1, 0.15) is 18.5 Å². The molecule has 2 aliphatic rings. The zero-order valence-electron chi connectivity index (χ0n) is 15.4. The number of carboxylic acid groups (broad SMARTS) is 1. The van der Waals surface area contributed by atoms with E-state index in [-0.39, 0.29) is 58.9 Å². The number of nitrogens with two attached hydrogens (primary N) is 1. The monoisotopic (exact) mass is 435 g/mol. The molecule has 29 heavy (non-hydrogen) atoms. The van der Waals surface area contributed by atoms with Gasteiger partial charge in [0.05, 0.1) is 6.42 Å². The van der Waals surface area contributed by atoms with Crippen molar-refractivity contribution < 1.29 is 68.3 Å². The third-order valence-electron chi connectivity index (χ3n) is 3.93. The summed E-state index contributed by atoms with van der Waals surface area (Å²) in [4.78, 5) is 61.6. The molecule has 0 aliphatic carbocycles. The predicted octanol–water partition coefficient (Wildman–Crippen LogP) is -5.88. The van der Waals surface area contributed by atoms with Crippen LogP contribution in [0.4, 0.5) is 5.13 Å². The van der Waals surface area contributed by atoms with Crippen LogP contribution in [0.15, 0.2) is 10.5 Å². The second-order valence-electron chi connectivity index (χ2n) is 5.69. The number of aromatic nitrogens is 1. The molecule has 0 aromatic carbocycles. The molecule has 0 saturated carbocycles. The summed E-state index contributed by atoms with van der Waals surface area (Å²) in [5.74, 6) is -4.38. The summed E-state index contributed by atoms with van der Waals surface area (Å²) < 4.78 is 4.78. The van der Waals surface area contributed by atoms with Crippen LogP contribution in [0, 0.1) is 0 Å². The number of nitrogens with one attached hydrogen (secondary N) is 1. The summed E-state index contributed by atoms with van der Waals surface area (Å²) in [7, 11) is 1.21. The minimum absolute atomic E-state index is 0. The average molecular weight is 435 g/mol. The SMILES string of the molecule is CO/N=C(\C(=O)NC1CON(C2(C(=O)[O-])CCC(=O)O2)C1=O)c1csc(N)n1.[Na+]. The number of cyclic esters (lactones) is 1. The van der Waals surface area contributed by atoms with E-state index in [1.54, 1.807) is 0 Å². The molecule has 2 amide bonds. The molecule has 3 rings (SSSR count). The molecule has 0 spiro atoms. The number of thiazole rings is 1. The molecular weight excluding hydrogens is 421 g/mol. The summed E-state index contributed by atoms with van der Waals surface area (Å²) in [6.07, 6.45) is -0.566. The van der Waals surface area contributed by atoms with Gasteiger partial charge in [0.1, 0.15) is 31.4 Å². The van der Waals surface area contributed by atoms with Gasteiger partial charge in [0.15, 0.2) is 10.8 Å². The third-order valence-corrected chi connectivity index (χ3v) is 4.61. The number of hydrogen-bond donors (Lipinski definition) is 2. The summed E-state index contributed by atoms with van der Waals surface area (Å²) >= 11 is 1.07. The molecule has 150 valence electrons. The Balaban J connectivity index is 0.00000300.